The van der Waals surface area contributed by atoms with Crippen LogP contribution in [0.4, 0.5) is 0 Å². The van der Waals surface area contributed by atoms with Crippen molar-refractivity contribution in [3.8, 4) is 0 Å². The second-order valence-corrected chi connectivity index (χ2v) is 4.33. The average Bonchev–Trinajstić information content (AvgIpc) is 2.26. The topological polar surface area (TPSA) is 52.3 Å². The Labute approximate surface area is 109 Å². The molecule has 0 heterocycles. The number of hydrogen-bond donors (Lipinski definition) is 1. The van der Waals surface area contributed by atoms with Crippen molar-refractivity contribution in [2.24, 2.45) is 11.7 Å². The average molecular weight is 258 g/mol. The molecule has 1 rings (SSSR count). The molecule has 0 unspecified atom stereocenters. The highest BCUT2D eigenvalue weighted by Crippen LogP contribution is 2.06. The van der Waals surface area contributed by atoms with Crippen LogP contribution in [0, 0.1) is 5.92 Å². The third kappa shape index (κ3) is 6.29. The van der Waals surface area contributed by atoms with E-state index in [-0.39, 0.29) is 18.4 Å². The van der Waals surface area contributed by atoms with Gasteiger partial charge in [0.15, 0.2) is 0 Å². The maximum Gasteiger partial charge on any atom is 0.323 e. The summed E-state index contributed by atoms with van der Waals surface area (Å²) in [6, 6.07) is 9.08. The van der Waals surface area contributed by atoms with Gasteiger partial charge in [-0.15, -0.1) is 12.4 Å². The summed E-state index contributed by atoms with van der Waals surface area (Å²) in [6.45, 7) is 4.36. The van der Waals surface area contributed by atoms with Crippen LogP contribution >= 0.6 is 12.4 Å². The monoisotopic (exact) mass is 257 g/mol. The molecule has 1 aromatic rings. The molecule has 0 spiro atoms. The second-order valence-electron chi connectivity index (χ2n) is 4.33. The first-order chi connectivity index (χ1) is 7.59. The molecule has 0 bridgehead atoms. The molecule has 3 nitrogen and oxygen atoms in total. The van der Waals surface area contributed by atoms with Crippen molar-refractivity contribution >= 4 is 18.4 Å². The predicted molar refractivity (Wildman–Crippen MR) is 70.9 cm³/mol. The Balaban J connectivity index is 0.00000256. The Hall–Kier alpha value is -1.06. The first-order valence-electron chi connectivity index (χ1n) is 5.55. The zero-order valence-electron chi connectivity index (χ0n) is 10.3. The summed E-state index contributed by atoms with van der Waals surface area (Å²) < 4.78 is 5.13. The fraction of sp³-hybridized carbons (Fsp3) is 0.462. The van der Waals surface area contributed by atoms with Crippen molar-refractivity contribution in [3.05, 3.63) is 35.9 Å². The molecular weight excluding hydrogens is 238 g/mol. The molecule has 4 heteroatoms. The number of carbonyl (C=O) groups is 1. The fourth-order valence-electron chi connectivity index (χ4n) is 1.44. The van der Waals surface area contributed by atoms with E-state index in [4.69, 9.17) is 10.5 Å². The highest BCUT2D eigenvalue weighted by Gasteiger charge is 2.16. The van der Waals surface area contributed by atoms with Crippen LogP contribution in [-0.4, -0.2) is 12.0 Å². The Morgan fingerprint density at radius 1 is 1.29 bits per heavy atom. The molecule has 0 saturated carbocycles. The van der Waals surface area contributed by atoms with Crippen LogP contribution in [0.3, 0.4) is 0 Å². The van der Waals surface area contributed by atoms with Crippen LogP contribution in [0.25, 0.3) is 0 Å². The lowest BCUT2D eigenvalue weighted by Crippen LogP contribution is -2.33. The Morgan fingerprint density at radius 2 is 1.88 bits per heavy atom. The van der Waals surface area contributed by atoms with Gasteiger partial charge in [-0.2, -0.15) is 0 Å². The lowest BCUT2D eigenvalue weighted by molar-refractivity contribution is -0.146. The molecule has 17 heavy (non-hydrogen) atoms. The predicted octanol–water partition coefficient (Wildman–Crippen LogP) is 2.53. The highest BCUT2D eigenvalue weighted by atomic mass is 35.5. The summed E-state index contributed by atoms with van der Waals surface area (Å²) in [5, 5.41) is 0. The molecule has 1 aromatic carbocycles. The van der Waals surface area contributed by atoms with Gasteiger partial charge in [-0.1, -0.05) is 44.2 Å². The van der Waals surface area contributed by atoms with Gasteiger partial charge in [0.2, 0.25) is 0 Å². The Kier molecular flexibility index (Phi) is 7.59. The van der Waals surface area contributed by atoms with Gasteiger partial charge in [-0.25, -0.2) is 0 Å². The molecule has 0 aromatic heterocycles. The molecule has 0 amide bonds. The normalized spacial score (nSPS) is 11.8. The number of nitrogens with two attached hydrogens (primary N) is 1. The standard InChI is InChI=1S/C13H19NO2.ClH/c1-10(2)8-12(14)13(15)16-9-11-6-4-3-5-7-11;/h3-7,10,12H,8-9,14H2,1-2H3;1H/t12-;/m1./s1. The number of carbonyl (C=O) groups excluding carboxylic acids is 1. The summed E-state index contributed by atoms with van der Waals surface area (Å²) >= 11 is 0. The summed E-state index contributed by atoms with van der Waals surface area (Å²) in [5.41, 5.74) is 6.69. The fourth-order valence-corrected chi connectivity index (χ4v) is 1.44. The van der Waals surface area contributed by atoms with Crippen LogP contribution in [0.1, 0.15) is 25.8 Å². The molecule has 0 aliphatic heterocycles. The van der Waals surface area contributed by atoms with E-state index < -0.39 is 6.04 Å². The van der Waals surface area contributed by atoms with Gasteiger partial charge in [0.1, 0.15) is 12.6 Å². The van der Waals surface area contributed by atoms with E-state index in [1.165, 1.54) is 0 Å². The summed E-state index contributed by atoms with van der Waals surface area (Å²) in [7, 11) is 0. The lowest BCUT2D eigenvalue weighted by Gasteiger charge is -2.13. The number of esters is 1. The minimum absolute atomic E-state index is 0. The maximum atomic E-state index is 11.5. The SMILES string of the molecule is CC(C)C[C@@H](N)C(=O)OCc1ccccc1.Cl. The van der Waals surface area contributed by atoms with Crippen LogP contribution in [0.15, 0.2) is 30.3 Å². The molecule has 0 radical (unpaired) electrons. The van der Waals surface area contributed by atoms with E-state index in [1.54, 1.807) is 0 Å². The van der Waals surface area contributed by atoms with Gasteiger partial charge in [0, 0.05) is 0 Å². The molecule has 96 valence electrons. The van der Waals surface area contributed by atoms with Crippen LogP contribution in [0.2, 0.25) is 0 Å². The van der Waals surface area contributed by atoms with E-state index in [2.05, 4.69) is 0 Å². The van der Waals surface area contributed by atoms with Crippen molar-refractivity contribution in [2.75, 3.05) is 0 Å². The Morgan fingerprint density at radius 3 is 2.41 bits per heavy atom. The molecule has 2 N–H and O–H groups in total. The van der Waals surface area contributed by atoms with E-state index in [9.17, 15) is 4.79 Å². The van der Waals surface area contributed by atoms with Gasteiger partial charge >= 0.3 is 5.97 Å². The molecule has 1 atom stereocenters. The quantitative estimate of drug-likeness (QED) is 0.825. The van der Waals surface area contributed by atoms with E-state index >= 15 is 0 Å². The van der Waals surface area contributed by atoms with Crippen LogP contribution in [0.5, 0.6) is 0 Å². The molecule has 0 saturated heterocycles. The van der Waals surface area contributed by atoms with Crippen molar-refractivity contribution < 1.29 is 9.53 Å². The van der Waals surface area contributed by atoms with Gasteiger partial charge in [-0.3, -0.25) is 4.79 Å². The smallest absolute Gasteiger partial charge is 0.323 e. The van der Waals surface area contributed by atoms with Gasteiger partial charge in [0.05, 0.1) is 0 Å². The first kappa shape index (κ1) is 15.9. The minimum Gasteiger partial charge on any atom is -0.460 e. The molecular formula is C13H20ClNO2. The number of rotatable bonds is 5. The number of benzene rings is 1. The summed E-state index contributed by atoms with van der Waals surface area (Å²) in [5.74, 6) is 0.0804. The lowest BCUT2D eigenvalue weighted by atomic mass is 10.1. The zero-order valence-corrected chi connectivity index (χ0v) is 11.1. The Bertz CT molecular complexity index is 327. The van der Waals surface area contributed by atoms with Gasteiger partial charge < -0.3 is 10.5 Å². The minimum atomic E-state index is -0.510. The van der Waals surface area contributed by atoms with Crippen LogP contribution < -0.4 is 5.73 Å². The first-order valence-corrected chi connectivity index (χ1v) is 5.55. The number of halogens is 1. The van der Waals surface area contributed by atoms with Gasteiger partial charge in [0.25, 0.3) is 0 Å². The van der Waals surface area contributed by atoms with Crippen LogP contribution in [-0.2, 0) is 16.1 Å². The van der Waals surface area contributed by atoms with Crippen molar-refractivity contribution in [1.82, 2.24) is 0 Å². The van der Waals surface area contributed by atoms with Crippen molar-refractivity contribution in [3.63, 3.8) is 0 Å². The molecule has 0 aliphatic carbocycles. The molecule has 0 aliphatic rings. The summed E-state index contributed by atoms with van der Waals surface area (Å²) in [6.07, 6.45) is 0.660. The molecule has 0 fully saturated rings. The van der Waals surface area contributed by atoms with Crippen molar-refractivity contribution in [1.29, 1.82) is 0 Å². The third-order valence-electron chi connectivity index (χ3n) is 2.25. The van der Waals surface area contributed by atoms with Gasteiger partial charge in [-0.05, 0) is 17.9 Å². The largest absolute Gasteiger partial charge is 0.460 e. The maximum absolute atomic E-state index is 11.5. The highest BCUT2D eigenvalue weighted by molar-refractivity contribution is 5.85. The zero-order chi connectivity index (χ0) is 12.0. The number of ether oxygens (including phenoxy) is 1. The second kappa shape index (κ2) is 8.09. The van der Waals surface area contributed by atoms with E-state index in [1.807, 2.05) is 44.2 Å². The van der Waals surface area contributed by atoms with E-state index in [0.29, 0.717) is 18.9 Å². The van der Waals surface area contributed by atoms with Crippen molar-refractivity contribution in [2.45, 2.75) is 32.9 Å². The number of hydrogen-bond acceptors (Lipinski definition) is 3. The third-order valence-corrected chi connectivity index (χ3v) is 2.25. The van der Waals surface area contributed by atoms with E-state index in [0.717, 1.165) is 5.56 Å². The summed E-state index contributed by atoms with van der Waals surface area (Å²) in [4.78, 5) is 11.5.